The molecule has 2 aromatic carbocycles. The highest BCUT2D eigenvalue weighted by atomic mass is 16.5. The fraction of sp³-hybridized carbons (Fsp3) is 0.395. The summed E-state index contributed by atoms with van der Waals surface area (Å²) in [6, 6.07) is 13.2. The van der Waals surface area contributed by atoms with Gasteiger partial charge in [0.1, 0.15) is 5.75 Å². The zero-order valence-electron chi connectivity index (χ0n) is 30.0. The third kappa shape index (κ3) is 6.46. The summed E-state index contributed by atoms with van der Waals surface area (Å²) in [5.41, 5.74) is 3.57. The molecule has 4 aromatic heterocycles. The van der Waals surface area contributed by atoms with Crippen LogP contribution < -0.4 is 25.2 Å². The summed E-state index contributed by atoms with van der Waals surface area (Å²) in [5, 5.41) is 20.3. The van der Waals surface area contributed by atoms with E-state index in [1.165, 1.54) is 24.2 Å². The first-order valence-electron chi connectivity index (χ1n) is 18.6. The molecule has 2 N–H and O–H groups in total. The lowest BCUT2D eigenvalue weighted by Crippen LogP contribution is -2.49. The van der Waals surface area contributed by atoms with Crippen LogP contribution in [0, 0.1) is 5.92 Å². The van der Waals surface area contributed by atoms with Crippen LogP contribution in [-0.2, 0) is 4.79 Å². The van der Waals surface area contributed by atoms with Gasteiger partial charge in [-0.25, -0.2) is 9.78 Å². The van der Waals surface area contributed by atoms with E-state index in [1.807, 2.05) is 30.3 Å². The van der Waals surface area contributed by atoms with Crippen molar-refractivity contribution in [1.29, 1.82) is 0 Å². The summed E-state index contributed by atoms with van der Waals surface area (Å²) < 4.78 is 14.9. The number of imidazole rings is 1. The predicted molar refractivity (Wildman–Crippen MR) is 201 cm³/mol. The molecule has 0 spiro atoms. The number of piperazine rings is 1. The summed E-state index contributed by atoms with van der Waals surface area (Å²) in [6.07, 6.45) is 11.2. The predicted octanol–water partition coefficient (Wildman–Crippen LogP) is 4.87. The number of urea groups is 1. The number of amides is 4. The standard InChI is InChI=1S/C38H41N11O5/c1-53-31-21-30-25(19-29(31)37(51)41-34-22-39-33-3-2-12-40-49(33)34)23-48(43-30)26-6-4-24(5-7-26)10-13-45-15-17-46(18-16-45)27-8-9-28-32(20-27)54-44-36(28)47-14-11-35(50)42-38(47)52/h2-3,8-9,12,19-24,26H,4-7,10-11,13-18H2,1H3,(H,41,51)(H,42,50,52). The Morgan fingerprint density at radius 3 is 2.70 bits per heavy atom. The summed E-state index contributed by atoms with van der Waals surface area (Å²) in [7, 11) is 1.56. The molecule has 3 fully saturated rings. The summed E-state index contributed by atoms with van der Waals surface area (Å²) >= 11 is 0. The SMILES string of the molecule is COc1cc2nn(C3CCC(CCN4CCN(c5ccc6c(N7CCC(=O)NC7=O)noc6c5)CC4)CC3)cc2cc1C(=O)Nc1cnc2cccnn12. The first kappa shape index (κ1) is 33.8. The molecule has 3 aliphatic rings. The van der Waals surface area contributed by atoms with Crippen LogP contribution in [0.25, 0.3) is 27.5 Å². The normalized spacial score (nSPS) is 19.9. The minimum atomic E-state index is -0.472. The zero-order chi connectivity index (χ0) is 36.8. The molecule has 54 heavy (non-hydrogen) atoms. The summed E-state index contributed by atoms with van der Waals surface area (Å²) in [6.45, 7) is 5.22. The molecule has 1 saturated carbocycles. The van der Waals surface area contributed by atoms with Gasteiger partial charge in [0, 0.05) is 74.7 Å². The maximum absolute atomic E-state index is 13.4. The van der Waals surface area contributed by atoms with Gasteiger partial charge < -0.3 is 19.5 Å². The Morgan fingerprint density at radius 1 is 1.04 bits per heavy atom. The Balaban J connectivity index is 0.763. The molecule has 2 aliphatic heterocycles. The number of anilines is 3. The Kier molecular flexibility index (Phi) is 8.81. The number of hydrogen-bond donors (Lipinski definition) is 2. The van der Waals surface area contributed by atoms with Crippen LogP contribution >= 0.6 is 0 Å². The van der Waals surface area contributed by atoms with Crippen molar-refractivity contribution < 1.29 is 23.6 Å². The number of carbonyl (C=O) groups is 3. The van der Waals surface area contributed by atoms with Gasteiger partial charge in [0.2, 0.25) is 5.91 Å². The fourth-order valence-corrected chi connectivity index (χ4v) is 8.07. The van der Waals surface area contributed by atoms with Gasteiger partial charge in [-0.3, -0.25) is 29.4 Å². The molecule has 2 saturated heterocycles. The highest BCUT2D eigenvalue weighted by Crippen LogP contribution is 2.36. The van der Waals surface area contributed by atoms with E-state index in [9.17, 15) is 14.4 Å². The highest BCUT2D eigenvalue weighted by Gasteiger charge is 2.29. The van der Waals surface area contributed by atoms with E-state index in [2.05, 4.69) is 52.6 Å². The van der Waals surface area contributed by atoms with Gasteiger partial charge in [-0.1, -0.05) is 5.16 Å². The van der Waals surface area contributed by atoms with Crippen molar-refractivity contribution in [2.75, 3.05) is 61.5 Å². The van der Waals surface area contributed by atoms with Crippen LogP contribution in [0.15, 0.2) is 65.6 Å². The zero-order valence-corrected chi connectivity index (χ0v) is 30.0. The number of aromatic nitrogens is 6. The molecule has 16 heteroatoms. The van der Waals surface area contributed by atoms with Crippen LogP contribution in [0.2, 0.25) is 0 Å². The Hall–Kier alpha value is -6.03. The smallest absolute Gasteiger partial charge is 0.329 e. The van der Waals surface area contributed by atoms with Crippen molar-refractivity contribution in [3.8, 4) is 5.75 Å². The van der Waals surface area contributed by atoms with E-state index >= 15 is 0 Å². The molecule has 9 rings (SSSR count). The van der Waals surface area contributed by atoms with Gasteiger partial charge >= 0.3 is 6.03 Å². The lowest BCUT2D eigenvalue weighted by molar-refractivity contribution is -0.120. The third-order valence-corrected chi connectivity index (χ3v) is 11.1. The molecule has 1 aliphatic carbocycles. The lowest BCUT2D eigenvalue weighted by Gasteiger charge is -2.37. The Labute approximate surface area is 310 Å². The number of methoxy groups -OCH3 is 1. The van der Waals surface area contributed by atoms with E-state index in [0.717, 1.165) is 67.5 Å². The molecule has 0 atom stereocenters. The molecule has 6 heterocycles. The molecule has 0 radical (unpaired) electrons. The minimum absolute atomic E-state index is 0.235. The molecular weight excluding hydrogens is 690 g/mol. The van der Waals surface area contributed by atoms with Gasteiger partial charge in [0.15, 0.2) is 22.9 Å². The molecule has 6 aromatic rings. The molecule has 4 amide bonds. The van der Waals surface area contributed by atoms with Crippen molar-refractivity contribution in [3.05, 3.63) is 66.6 Å². The first-order valence-corrected chi connectivity index (χ1v) is 18.6. The first-order chi connectivity index (χ1) is 26.4. The fourth-order valence-electron chi connectivity index (χ4n) is 8.07. The summed E-state index contributed by atoms with van der Waals surface area (Å²) in [5.74, 6) is 1.50. The topological polar surface area (TPSA) is 168 Å². The number of imide groups is 1. The number of rotatable bonds is 9. The summed E-state index contributed by atoms with van der Waals surface area (Å²) in [4.78, 5) is 48.0. The Morgan fingerprint density at radius 2 is 1.89 bits per heavy atom. The molecular formula is C38H41N11O5. The van der Waals surface area contributed by atoms with Gasteiger partial charge in [0.25, 0.3) is 5.91 Å². The highest BCUT2D eigenvalue weighted by molar-refractivity contribution is 6.09. The van der Waals surface area contributed by atoms with Crippen LogP contribution in [0.5, 0.6) is 5.75 Å². The van der Waals surface area contributed by atoms with Gasteiger partial charge in [-0.15, -0.1) is 0 Å². The maximum Gasteiger partial charge on any atom is 0.329 e. The van der Waals surface area contributed by atoms with E-state index in [0.29, 0.717) is 46.1 Å². The number of nitrogens with zero attached hydrogens (tertiary/aromatic N) is 9. The van der Waals surface area contributed by atoms with E-state index in [4.69, 9.17) is 14.4 Å². The number of nitrogens with one attached hydrogen (secondary N) is 2. The van der Waals surface area contributed by atoms with Crippen molar-refractivity contribution in [2.45, 2.75) is 44.6 Å². The van der Waals surface area contributed by atoms with E-state index in [-0.39, 0.29) is 24.8 Å². The molecule has 16 nitrogen and oxygen atoms in total. The van der Waals surface area contributed by atoms with Gasteiger partial charge in [0.05, 0.1) is 35.8 Å². The second kappa shape index (κ2) is 14.1. The number of ether oxygens (including phenoxy) is 1. The van der Waals surface area contributed by atoms with E-state index < -0.39 is 6.03 Å². The van der Waals surface area contributed by atoms with Crippen molar-refractivity contribution >= 4 is 62.7 Å². The van der Waals surface area contributed by atoms with Gasteiger partial charge in [-0.05, 0) is 74.9 Å². The van der Waals surface area contributed by atoms with Crippen molar-refractivity contribution in [2.24, 2.45) is 5.92 Å². The van der Waals surface area contributed by atoms with Crippen LogP contribution in [-0.4, -0.2) is 98.7 Å². The second-order valence-electron chi connectivity index (χ2n) is 14.3. The largest absolute Gasteiger partial charge is 0.496 e. The minimum Gasteiger partial charge on any atom is -0.496 e. The second-order valence-corrected chi connectivity index (χ2v) is 14.3. The third-order valence-electron chi connectivity index (χ3n) is 11.1. The lowest BCUT2D eigenvalue weighted by atomic mass is 9.84. The number of carbonyl (C=O) groups excluding carboxylic acids is 3. The maximum atomic E-state index is 13.4. The Bertz CT molecular complexity index is 2370. The van der Waals surface area contributed by atoms with Crippen LogP contribution in [0.1, 0.15) is 54.9 Å². The molecule has 0 bridgehead atoms. The number of benzene rings is 2. The molecule has 278 valence electrons. The van der Waals surface area contributed by atoms with Crippen LogP contribution in [0.3, 0.4) is 0 Å². The van der Waals surface area contributed by atoms with Gasteiger partial charge in [-0.2, -0.15) is 14.7 Å². The average Bonchev–Trinajstić information content (AvgIpc) is 3.94. The van der Waals surface area contributed by atoms with E-state index in [1.54, 1.807) is 30.1 Å². The quantitative estimate of drug-likeness (QED) is 0.208. The van der Waals surface area contributed by atoms with Crippen molar-refractivity contribution in [1.82, 2.24) is 39.8 Å². The van der Waals surface area contributed by atoms with Crippen LogP contribution in [0.4, 0.5) is 22.1 Å². The number of fused-ring (bicyclic) bond motifs is 3. The molecule has 0 unspecified atom stereocenters. The average molecular weight is 732 g/mol. The van der Waals surface area contributed by atoms with Crippen molar-refractivity contribution in [3.63, 3.8) is 0 Å². The monoisotopic (exact) mass is 731 g/mol. The number of hydrogen-bond acceptors (Lipinski definition) is 11.